The smallest absolute Gasteiger partial charge is 0.199 e. The van der Waals surface area contributed by atoms with Gasteiger partial charge in [-0.2, -0.15) is 5.10 Å². The van der Waals surface area contributed by atoms with E-state index in [0.29, 0.717) is 6.04 Å². The Balaban J connectivity index is 1.65. The highest BCUT2D eigenvalue weighted by atomic mass is 32.1. The Morgan fingerprint density at radius 2 is 2.04 bits per heavy atom. The van der Waals surface area contributed by atoms with Crippen molar-refractivity contribution in [3.8, 4) is 11.4 Å². The summed E-state index contributed by atoms with van der Waals surface area (Å²) in [6, 6.07) is 15.2. The maximum Gasteiger partial charge on any atom is 0.199 e. The molecule has 1 fully saturated rings. The van der Waals surface area contributed by atoms with Gasteiger partial charge >= 0.3 is 0 Å². The largest absolute Gasteiger partial charge is 0.300 e. The molecule has 0 saturated carbocycles. The maximum atomic E-state index is 5.72. The van der Waals surface area contributed by atoms with E-state index in [1.54, 1.807) is 0 Å². The van der Waals surface area contributed by atoms with Gasteiger partial charge in [-0.15, -0.1) is 11.3 Å². The van der Waals surface area contributed by atoms with Gasteiger partial charge in [0.25, 0.3) is 0 Å². The van der Waals surface area contributed by atoms with Gasteiger partial charge in [0.15, 0.2) is 10.6 Å². The number of aromatic nitrogens is 3. The minimum atomic E-state index is 0.494. The zero-order valence-electron chi connectivity index (χ0n) is 14.3. The molecular weight excluding hydrogens is 348 g/mol. The Labute approximate surface area is 157 Å². The van der Waals surface area contributed by atoms with Gasteiger partial charge in [-0.05, 0) is 43.4 Å². The van der Waals surface area contributed by atoms with Crippen LogP contribution in [-0.4, -0.2) is 25.8 Å². The molecule has 0 spiro atoms. The summed E-state index contributed by atoms with van der Waals surface area (Å²) < 4.78 is 4.92. The second-order valence-corrected chi connectivity index (χ2v) is 7.69. The molecule has 0 bridgehead atoms. The summed E-state index contributed by atoms with van der Waals surface area (Å²) in [6.45, 7) is 4.81. The van der Waals surface area contributed by atoms with Gasteiger partial charge in [0, 0.05) is 29.6 Å². The van der Waals surface area contributed by atoms with E-state index in [0.717, 1.165) is 35.9 Å². The van der Waals surface area contributed by atoms with E-state index in [-0.39, 0.29) is 0 Å². The van der Waals surface area contributed by atoms with Gasteiger partial charge in [0.05, 0.1) is 6.67 Å². The van der Waals surface area contributed by atoms with Crippen LogP contribution in [0.2, 0.25) is 0 Å². The van der Waals surface area contributed by atoms with Gasteiger partial charge in [-0.1, -0.05) is 36.4 Å². The minimum absolute atomic E-state index is 0.494. The fourth-order valence-corrected chi connectivity index (χ4v) is 4.80. The lowest BCUT2D eigenvalue weighted by molar-refractivity contribution is 0.192. The van der Waals surface area contributed by atoms with Crippen molar-refractivity contribution >= 4 is 23.6 Å². The molecule has 0 N–H and O–H groups in total. The van der Waals surface area contributed by atoms with Crippen LogP contribution in [0.25, 0.3) is 11.4 Å². The third kappa shape index (κ3) is 3.21. The Kier molecular flexibility index (Phi) is 4.83. The lowest BCUT2D eigenvalue weighted by atomic mass is 10.2. The van der Waals surface area contributed by atoms with Gasteiger partial charge in [-0.25, -0.2) is 4.68 Å². The fraction of sp³-hybridized carbons (Fsp3) is 0.368. The molecule has 25 heavy (non-hydrogen) atoms. The van der Waals surface area contributed by atoms with E-state index < -0.39 is 0 Å². The molecular formula is C19H22N4S2. The van der Waals surface area contributed by atoms with Crippen molar-refractivity contribution in [2.24, 2.45) is 0 Å². The van der Waals surface area contributed by atoms with Crippen LogP contribution < -0.4 is 0 Å². The summed E-state index contributed by atoms with van der Waals surface area (Å²) in [5.74, 6) is 0.958. The monoisotopic (exact) mass is 370 g/mol. The highest BCUT2D eigenvalue weighted by Gasteiger charge is 2.27. The van der Waals surface area contributed by atoms with Crippen molar-refractivity contribution < 1.29 is 0 Å². The molecule has 1 aromatic carbocycles. The van der Waals surface area contributed by atoms with Crippen LogP contribution in [0, 0.1) is 4.77 Å². The van der Waals surface area contributed by atoms with Crippen molar-refractivity contribution in [1.82, 2.24) is 19.2 Å². The highest BCUT2D eigenvalue weighted by molar-refractivity contribution is 7.71. The van der Waals surface area contributed by atoms with Gasteiger partial charge in [-0.3, -0.25) is 4.90 Å². The van der Waals surface area contributed by atoms with Crippen LogP contribution in [0.5, 0.6) is 0 Å². The van der Waals surface area contributed by atoms with E-state index in [1.165, 1.54) is 17.7 Å². The Bertz CT molecular complexity index is 880. The second-order valence-electron chi connectivity index (χ2n) is 6.34. The predicted molar refractivity (Wildman–Crippen MR) is 105 cm³/mol. The van der Waals surface area contributed by atoms with Crippen molar-refractivity contribution in [1.29, 1.82) is 0 Å². The third-order valence-corrected chi connectivity index (χ3v) is 6.23. The Morgan fingerprint density at radius 1 is 1.20 bits per heavy atom. The number of likely N-dealkylation sites (tertiary alicyclic amines) is 1. The predicted octanol–water partition coefficient (Wildman–Crippen LogP) is 4.96. The number of hydrogen-bond donors (Lipinski definition) is 0. The average Bonchev–Trinajstić information content (AvgIpc) is 3.37. The first-order valence-electron chi connectivity index (χ1n) is 8.78. The summed E-state index contributed by atoms with van der Waals surface area (Å²) in [4.78, 5) is 3.95. The van der Waals surface area contributed by atoms with E-state index in [2.05, 4.69) is 46.0 Å². The molecule has 130 valence electrons. The van der Waals surface area contributed by atoms with Crippen LogP contribution in [-0.2, 0) is 13.2 Å². The van der Waals surface area contributed by atoms with Crippen LogP contribution in [0.3, 0.4) is 0 Å². The highest BCUT2D eigenvalue weighted by Crippen LogP contribution is 2.34. The normalized spacial score (nSPS) is 18.0. The number of benzene rings is 1. The third-order valence-electron chi connectivity index (χ3n) is 4.82. The molecule has 2 aromatic heterocycles. The van der Waals surface area contributed by atoms with Crippen molar-refractivity contribution in [2.75, 3.05) is 6.54 Å². The van der Waals surface area contributed by atoms with Gasteiger partial charge in [0.1, 0.15) is 0 Å². The molecule has 1 aliphatic rings. The molecule has 3 aromatic rings. The summed E-state index contributed by atoms with van der Waals surface area (Å²) >= 11 is 7.57. The molecule has 0 radical (unpaired) electrons. The van der Waals surface area contributed by atoms with E-state index in [9.17, 15) is 0 Å². The van der Waals surface area contributed by atoms with Crippen LogP contribution >= 0.6 is 23.6 Å². The summed E-state index contributed by atoms with van der Waals surface area (Å²) in [5, 5.41) is 7.03. The first kappa shape index (κ1) is 16.7. The van der Waals surface area contributed by atoms with E-state index in [4.69, 9.17) is 17.3 Å². The number of thiophene rings is 1. The van der Waals surface area contributed by atoms with E-state index in [1.807, 2.05) is 34.2 Å². The van der Waals surface area contributed by atoms with Crippen molar-refractivity contribution in [3.63, 3.8) is 0 Å². The molecule has 1 aliphatic heterocycles. The molecule has 1 saturated heterocycles. The number of hydrogen-bond acceptors (Lipinski definition) is 4. The maximum absolute atomic E-state index is 5.72. The number of nitrogens with zero attached hydrogens (tertiary/aromatic N) is 4. The van der Waals surface area contributed by atoms with Crippen molar-refractivity contribution in [3.05, 3.63) is 57.5 Å². The zero-order chi connectivity index (χ0) is 17.2. The van der Waals surface area contributed by atoms with Gasteiger partial charge < -0.3 is 4.57 Å². The minimum Gasteiger partial charge on any atom is -0.300 e. The average molecular weight is 371 g/mol. The molecule has 1 atom stereocenters. The quantitative estimate of drug-likeness (QED) is 0.594. The van der Waals surface area contributed by atoms with Crippen LogP contribution in [0.15, 0.2) is 47.8 Å². The standard InChI is InChI=1S/C19H22N4S2/c1-2-22-18(15-8-4-3-5-9-15)20-23(19(22)24)14-21-12-6-10-16(21)17-11-7-13-25-17/h3-5,7-9,11,13,16H,2,6,10,12,14H2,1H3/t16-/m1/s1. The first-order chi connectivity index (χ1) is 12.3. The van der Waals surface area contributed by atoms with E-state index >= 15 is 0 Å². The lowest BCUT2D eigenvalue weighted by Crippen LogP contribution is -2.26. The molecule has 0 unspecified atom stereocenters. The lowest BCUT2D eigenvalue weighted by Gasteiger charge is -2.23. The molecule has 0 amide bonds. The molecule has 3 heterocycles. The zero-order valence-corrected chi connectivity index (χ0v) is 16.0. The summed E-state index contributed by atoms with van der Waals surface area (Å²) in [7, 11) is 0. The van der Waals surface area contributed by atoms with Gasteiger partial charge in [0.2, 0.25) is 0 Å². The fourth-order valence-electron chi connectivity index (χ4n) is 3.59. The Hall–Kier alpha value is -1.76. The van der Waals surface area contributed by atoms with Crippen LogP contribution in [0.4, 0.5) is 0 Å². The molecule has 4 rings (SSSR count). The molecule has 4 nitrogen and oxygen atoms in total. The molecule has 0 aliphatic carbocycles. The second kappa shape index (κ2) is 7.23. The molecule has 6 heteroatoms. The number of rotatable bonds is 5. The topological polar surface area (TPSA) is 26.0 Å². The SMILES string of the molecule is CCn1c(-c2ccccc2)nn(CN2CCC[C@@H]2c2cccs2)c1=S. The van der Waals surface area contributed by atoms with Crippen LogP contribution in [0.1, 0.15) is 30.7 Å². The summed E-state index contributed by atoms with van der Waals surface area (Å²) in [5.41, 5.74) is 1.12. The summed E-state index contributed by atoms with van der Waals surface area (Å²) in [6.07, 6.45) is 2.45. The first-order valence-corrected chi connectivity index (χ1v) is 10.1. The van der Waals surface area contributed by atoms with Crippen molar-refractivity contribution in [2.45, 2.75) is 39.0 Å². The Morgan fingerprint density at radius 3 is 2.76 bits per heavy atom.